The van der Waals surface area contributed by atoms with Crippen molar-refractivity contribution in [3.05, 3.63) is 78.9 Å². The third kappa shape index (κ3) is 4.20. The summed E-state index contributed by atoms with van der Waals surface area (Å²) in [4.78, 5) is 12.9. The van der Waals surface area contributed by atoms with Crippen LogP contribution in [0, 0.1) is 0 Å². The van der Waals surface area contributed by atoms with Crippen LogP contribution in [0.1, 0.15) is 6.92 Å². The Morgan fingerprint density at radius 3 is 2.26 bits per heavy atom. The van der Waals surface area contributed by atoms with Crippen LogP contribution in [0.4, 0.5) is 11.4 Å². The van der Waals surface area contributed by atoms with Crippen molar-refractivity contribution in [2.45, 2.75) is 24.0 Å². The molecule has 0 saturated heterocycles. The third-order valence-electron chi connectivity index (χ3n) is 4.98. The van der Waals surface area contributed by atoms with Crippen LogP contribution in [0.15, 0.2) is 83.8 Å². The highest BCUT2D eigenvalue weighted by Gasteiger charge is 2.34. The van der Waals surface area contributed by atoms with Gasteiger partial charge in [0, 0.05) is 12.7 Å². The lowest BCUT2D eigenvalue weighted by molar-refractivity contribution is -0.128. The van der Waals surface area contributed by atoms with Crippen molar-refractivity contribution in [2.24, 2.45) is 0 Å². The Labute approximate surface area is 181 Å². The van der Waals surface area contributed by atoms with Gasteiger partial charge < -0.3 is 14.8 Å². The fourth-order valence-electron chi connectivity index (χ4n) is 3.29. The molecule has 3 aromatic carbocycles. The number of benzene rings is 3. The first-order chi connectivity index (χ1) is 14.9. The molecule has 4 rings (SSSR count). The van der Waals surface area contributed by atoms with Crippen molar-refractivity contribution in [3.8, 4) is 11.5 Å². The first kappa shape index (κ1) is 20.7. The van der Waals surface area contributed by atoms with E-state index in [-0.39, 0.29) is 4.90 Å². The number of ether oxygens (including phenoxy) is 2. The van der Waals surface area contributed by atoms with Gasteiger partial charge in [0.25, 0.3) is 15.9 Å². The summed E-state index contributed by atoms with van der Waals surface area (Å²) in [7, 11) is -2.31. The predicted octanol–water partition coefficient (Wildman–Crippen LogP) is 3.68. The molecule has 0 saturated carbocycles. The second kappa shape index (κ2) is 8.31. The van der Waals surface area contributed by atoms with E-state index in [9.17, 15) is 13.2 Å². The van der Waals surface area contributed by atoms with Crippen molar-refractivity contribution in [3.63, 3.8) is 0 Å². The summed E-state index contributed by atoms with van der Waals surface area (Å²) in [5.74, 6) is 0.644. The number of hydrogen-bond acceptors (Lipinski definition) is 5. The Morgan fingerprint density at radius 1 is 0.903 bits per heavy atom. The number of hydrogen-bond donors (Lipinski definition) is 1. The first-order valence-corrected chi connectivity index (χ1v) is 11.2. The SMILES string of the molecule is CC1Oc2ccccc2OC1C(=O)Nc1cccc(S(=O)(=O)N(C)c2ccccc2)c1. The molecule has 2 unspecified atom stereocenters. The molecule has 8 heteroatoms. The van der Waals surface area contributed by atoms with Crippen LogP contribution < -0.4 is 19.1 Å². The molecule has 7 nitrogen and oxygen atoms in total. The third-order valence-corrected chi connectivity index (χ3v) is 6.76. The zero-order valence-corrected chi connectivity index (χ0v) is 17.9. The van der Waals surface area contributed by atoms with E-state index in [1.165, 1.54) is 23.5 Å². The molecule has 1 aliphatic heterocycles. The number of sulfonamides is 1. The summed E-state index contributed by atoms with van der Waals surface area (Å²) >= 11 is 0. The van der Waals surface area contributed by atoms with E-state index in [0.29, 0.717) is 22.9 Å². The molecular weight excluding hydrogens is 416 g/mol. The van der Waals surface area contributed by atoms with Gasteiger partial charge in [0.1, 0.15) is 6.10 Å². The van der Waals surface area contributed by atoms with Crippen LogP contribution in [0.2, 0.25) is 0 Å². The molecule has 3 aromatic rings. The largest absolute Gasteiger partial charge is 0.482 e. The minimum atomic E-state index is -3.80. The first-order valence-electron chi connectivity index (χ1n) is 9.73. The van der Waals surface area contributed by atoms with Crippen LogP contribution in [0.3, 0.4) is 0 Å². The number of anilines is 2. The minimum absolute atomic E-state index is 0.0656. The van der Waals surface area contributed by atoms with Gasteiger partial charge in [-0.3, -0.25) is 9.10 Å². The van der Waals surface area contributed by atoms with E-state index >= 15 is 0 Å². The van der Waals surface area contributed by atoms with Crippen LogP contribution in [0.25, 0.3) is 0 Å². The second-order valence-corrected chi connectivity index (χ2v) is 9.10. The molecular formula is C23H22N2O5S. The Balaban J connectivity index is 1.53. The number of carbonyl (C=O) groups excluding carboxylic acids is 1. The highest BCUT2D eigenvalue weighted by atomic mass is 32.2. The average Bonchev–Trinajstić information content (AvgIpc) is 2.78. The molecule has 160 valence electrons. The summed E-state index contributed by atoms with van der Waals surface area (Å²) in [6.45, 7) is 1.75. The van der Waals surface area contributed by atoms with Gasteiger partial charge in [-0.05, 0) is 49.4 Å². The van der Waals surface area contributed by atoms with Crippen LogP contribution in [-0.2, 0) is 14.8 Å². The molecule has 0 spiro atoms. The zero-order valence-electron chi connectivity index (χ0n) is 17.1. The van der Waals surface area contributed by atoms with E-state index in [2.05, 4.69) is 5.32 Å². The number of carbonyl (C=O) groups is 1. The van der Waals surface area contributed by atoms with Gasteiger partial charge in [-0.25, -0.2) is 8.42 Å². The molecule has 1 amide bonds. The average molecular weight is 439 g/mol. The molecule has 0 fully saturated rings. The maximum atomic E-state index is 13.0. The summed E-state index contributed by atoms with van der Waals surface area (Å²) in [5.41, 5.74) is 0.888. The van der Waals surface area contributed by atoms with Gasteiger partial charge in [-0.2, -0.15) is 0 Å². The van der Waals surface area contributed by atoms with Crippen LogP contribution in [-0.4, -0.2) is 33.6 Å². The maximum Gasteiger partial charge on any atom is 0.269 e. The fraction of sp³-hybridized carbons (Fsp3) is 0.174. The molecule has 0 radical (unpaired) electrons. The molecule has 2 atom stereocenters. The van der Waals surface area contributed by atoms with Gasteiger partial charge in [0.2, 0.25) is 6.10 Å². The summed E-state index contributed by atoms with van der Waals surface area (Å²) < 4.78 is 38.8. The highest BCUT2D eigenvalue weighted by molar-refractivity contribution is 7.92. The molecule has 1 aliphatic rings. The lowest BCUT2D eigenvalue weighted by Gasteiger charge is -2.31. The second-order valence-electron chi connectivity index (χ2n) is 7.13. The van der Waals surface area contributed by atoms with E-state index in [4.69, 9.17) is 9.47 Å². The Bertz CT molecular complexity index is 1200. The number of para-hydroxylation sites is 3. The van der Waals surface area contributed by atoms with E-state index < -0.39 is 28.1 Å². The Kier molecular flexibility index (Phi) is 5.56. The van der Waals surface area contributed by atoms with Gasteiger partial charge >= 0.3 is 0 Å². The van der Waals surface area contributed by atoms with E-state index in [1.54, 1.807) is 61.5 Å². The topological polar surface area (TPSA) is 84.9 Å². The fourth-order valence-corrected chi connectivity index (χ4v) is 4.53. The number of nitrogens with zero attached hydrogens (tertiary/aromatic N) is 1. The van der Waals surface area contributed by atoms with E-state index in [0.717, 1.165) is 0 Å². The standard InChI is InChI=1S/C23H22N2O5S/c1-16-22(30-21-14-7-6-13-20(21)29-16)23(26)24-17-9-8-12-19(15-17)31(27,28)25(2)18-10-4-3-5-11-18/h3-16,22H,1-2H3,(H,24,26). The monoisotopic (exact) mass is 438 g/mol. The molecule has 1 N–H and O–H groups in total. The normalized spacial score (nSPS) is 17.6. The molecule has 0 bridgehead atoms. The van der Waals surface area contributed by atoms with Crippen molar-refractivity contribution in [1.29, 1.82) is 0 Å². The van der Waals surface area contributed by atoms with Crippen molar-refractivity contribution in [1.82, 2.24) is 0 Å². The summed E-state index contributed by atoms with van der Waals surface area (Å²) in [6.07, 6.45) is -1.38. The van der Waals surface area contributed by atoms with Gasteiger partial charge in [0.05, 0.1) is 10.6 Å². The summed E-state index contributed by atoms with van der Waals surface area (Å²) in [5, 5.41) is 2.74. The number of amides is 1. The number of fused-ring (bicyclic) bond motifs is 1. The zero-order chi connectivity index (χ0) is 22.0. The van der Waals surface area contributed by atoms with Gasteiger partial charge in [-0.15, -0.1) is 0 Å². The highest BCUT2D eigenvalue weighted by Crippen LogP contribution is 2.34. The molecule has 1 heterocycles. The van der Waals surface area contributed by atoms with Gasteiger partial charge in [-0.1, -0.05) is 36.4 Å². The van der Waals surface area contributed by atoms with Crippen molar-refractivity contribution >= 4 is 27.3 Å². The van der Waals surface area contributed by atoms with E-state index in [1.807, 2.05) is 12.1 Å². The van der Waals surface area contributed by atoms with Crippen LogP contribution >= 0.6 is 0 Å². The quantitative estimate of drug-likeness (QED) is 0.657. The Hall–Kier alpha value is -3.52. The molecule has 31 heavy (non-hydrogen) atoms. The summed E-state index contributed by atoms with van der Waals surface area (Å²) in [6, 6.07) is 22.0. The maximum absolute atomic E-state index is 13.0. The lowest BCUT2D eigenvalue weighted by Crippen LogP contribution is -2.46. The van der Waals surface area contributed by atoms with Crippen molar-refractivity contribution in [2.75, 3.05) is 16.7 Å². The lowest BCUT2D eigenvalue weighted by atomic mass is 10.1. The van der Waals surface area contributed by atoms with Crippen LogP contribution in [0.5, 0.6) is 11.5 Å². The molecule has 0 aromatic heterocycles. The predicted molar refractivity (Wildman–Crippen MR) is 118 cm³/mol. The smallest absolute Gasteiger partial charge is 0.269 e. The minimum Gasteiger partial charge on any atom is -0.482 e. The molecule has 0 aliphatic carbocycles. The number of nitrogens with one attached hydrogen (secondary N) is 1. The number of rotatable bonds is 5. The Morgan fingerprint density at radius 2 is 1.55 bits per heavy atom. The van der Waals surface area contributed by atoms with Crippen molar-refractivity contribution < 1.29 is 22.7 Å². The van der Waals surface area contributed by atoms with Gasteiger partial charge in [0.15, 0.2) is 11.5 Å².